The van der Waals surface area contributed by atoms with Crippen molar-refractivity contribution in [1.82, 2.24) is 14.9 Å². The summed E-state index contributed by atoms with van der Waals surface area (Å²) in [5.41, 5.74) is 5.65. The first kappa shape index (κ1) is 23.9. The van der Waals surface area contributed by atoms with E-state index in [2.05, 4.69) is 69.3 Å². The number of nitrogens with zero attached hydrogens (tertiary/aromatic N) is 5. The highest BCUT2D eigenvalue weighted by Crippen LogP contribution is 2.28. The van der Waals surface area contributed by atoms with Gasteiger partial charge < -0.3 is 9.80 Å². The summed E-state index contributed by atoms with van der Waals surface area (Å²) in [6, 6.07) is 16.6. The van der Waals surface area contributed by atoms with Gasteiger partial charge in [-0.2, -0.15) is 0 Å². The fraction of sp³-hybridized carbons (Fsp3) is 0.393. The van der Waals surface area contributed by atoms with Crippen molar-refractivity contribution >= 4 is 17.3 Å². The van der Waals surface area contributed by atoms with Crippen LogP contribution < -0.4 is 9.80 Å². The molecule has 1 aliphatic rings. The number of amides is 1. The van der Waals surface area contributed by atoms with Gasteiger partial charge >= 0.3 is 0 Å². The molecule has 0 aliphatic carbocycles. The van der Waals surface area contributed by atoms with Crippen molar-refractivity contribution in [2.75, 3.05) is 36.5 Å². The number of benzene rings is 1. The highest BCUT2D eigenvalue weighted by atomic mass is 16.2. The Kier molecular flexibility index (Phi) is 7.91. The molecule has 0 bridgehead atoms. The molecule has 0 saturated carbocycles. The summed E-state index contributed by atoms with van der Waals surface area (Å²) < 4.78 is 0. The van der Waals surface area contributed by atoms with Gasteiger partial charge in [0.25, 0.3) is 0 Å². The summed E-state index contributed by atoms with van der Waals surface area (Å²) in [4.78, 5) is 28.0. The molecule has 4 rings (SSSR count). The van der Waals surface area contributed by atoms with Crippen molar-refractivity contribution in [3.8, 4) is 0 Å². The summed E-state index contributed by atoms with van der Waals surface area (Å²) in [7, 11) is 2.11. The second-order valence-corrected chi connectivity index (χ2v) is 9.37. The highest BCUT2D eigenvalue weighted by Gasteiger charge is 2.25. The number of carbonyl (C=O) groups excluding carboxylic acids is 1. The first-order valence-electron chi connectivity index (χ1n) is 12.1. The summed E-state index contributed by atoms with van der Waals surface area (Å²) >= 11 is 0. The summed E-state index contributed by atoms with van der Waals surface area (Å²) in [5, 5.41) is 0. The van der Waals surface area contributed by atoms with Gasteiger partial charge in [-0.15, -0.1) is 0 Å². The van der Waals surface area contributed by atoms with Crippen LogP contribution in [0.1, 0.15) is 36.6 Å². The lowest BCUT2D eigenvalue weighted by atomic mass is 9.95. The first-order valence-corrected chi connectivity index (χ1v) is 12.1. The molecule has 0 radical (unpaired) electrons. The molecule has 6 heteroatoms. The second kappa shape index (κ2) is 11.3. The Morgan fingerprint density at radius 2 is 1.76 bits per heavy atom. The Balaban J connectivity index is 1.41. The van der Waals surface area contributed by atoms with Crippen molar-refractivity contribution in [2.24, 2.45) is 5.92 Å². The molecule has 1 fully saturated rings. The molecule has 1 saturated heterocycles. The normalized spacial score (nSPS) is 14.4. The van der Waals surface area contributed by atoms with E-state index < -0.39 is 0 Å². The predicted octanol–water partition coefficient (Wildman–Crippen LogP) is 4.69. The van der Waals surface area contributed by atoms with Crippen LogP contribution in [0.25, 0.3) is 0 Å². The number of anilines is 2. The standard InChI is InChI=1S/C28H35N5O/c1-22-8-9-25(18-30-22)19-31(3)21-26-6-4-5-7-28(26)33(23(2)34)20-24-12-16-32(17-13-24)27-10-14-29-15-11-27/h4-11,14-15,18,24H,12-13,16-17,19-21H2,1-3H3. The molecule has 6 nitrogen and oxygen atoms in total. The summed E-state index contributed by atoms with van der Waals surface area (Å²) in [6.07, 6.45) is 7.80. The number of para-hydroxylation sites is 1. The average Bonchev–Trinajstić information content (AvgIpc) is 2.85. The van der Waals surface area contributed by atoms with E-state index >= 15 is 0 Å². The van der Waals surface area contributed by atoms with Gasteiger partial charge in [0.05, 0.1) is 0 Å². The van der Waals surface area contributed by atoms with E-state index in [4.69, 9.17) is 0 Å². The zero-order valence-corrected chi connectivity index (χ0v) is 20.5. The maximum Gasteiger partial charge on any atom is 0.223 e. The monoisotopic (exact) mass is 457 g/mol. The Labute approximate surface area is 203 Å². The summed E-state index contributed by atoms with van der Waals surface area (Å²) in [5.74, 6) is 0.598. The average molecular weight is 458 g/mol. The molecule has 3 aromatic rings. The molecule has 0 atom stereocenters. The Bertz CT molecular complexity index is 1060. The van der Waals surface area contributed by atoms with E-state index in [1.54, 1.807) is 6.92 Å². The molecule has 1 amide bonds. The maximum absolute atomic E-state index is 12.8. The van der Waals surface area contributed by atoms with E-state index in [0.29, 0.717) is 5.92 Å². The topological polar surface area (TPSA) is 52.6 Å². The van der Waals surface area contributed by atoms with Gasteiger partial charge in [0.1, 0.15) is 0 Å². The van der Waals surface area contributed by atoms with Crippen LogP contribution >= 0.6 is 0 Å². The quantitative estimate of drug-likeness (QED) is 0.491. The maximum atomic E-state index is 12.8. The lowest BCUT2D eigenvalue weighted by Crippen LogP contribution is -2.41. The molecule has 0 N–H and O–H groups in total. The van der Waals surface area contributed by atoms with E-state index in [9.17, 15) is 4.79 Å². The lowest BCUT2D eigenvalue weighted by molar-refractivity contribution is -0.116. The van der Waals surface area contributed by atoms with Crippen molar-refractivity contribution in [3.63, 3.8) is 0 Å². The number of pyridine rings is 2. The van der Waals surface area contributed by atoms with Crippen LogP contribution in [0.3, 0.4) is 0 Å². The number of carbonyl (C=O) groups is 1. The smallest absolute Gasteiger partial charge is 0.223 e. The molecular formula is C28H35N5O. The van der Waals surface area contributed by atoms with Crippen LogP contribution in [0.15, 0.2) is 67.1 Å². The minimum atomic E-state index is 0.106. The number of rotatable bonds is 8. The molecule has 0 unspecified atom stereocenters. The fourth-order valence-electron chi connectivity index (χ4n) is 4.74. The van der Waals surface area contributed by atoms with Crippen LogP contribution in [0.5, 0.6) is 0 Å². The van der Waals surface area contributed by atoms with Gasteiger partial charge in [0, 0.05) is 75.3 Å². The van der Waals surface area contributed by atoms with Crippen molar-refractivity contribution in [1.29, 1.82) is 0 Å². The number of piperidine rings is 1. The first-order chi connectivity index (χ1) is 16.5. The number of aromatic nitrogens is 2. The van der Waals surface area contributed by atoms with Crippen LogP contribution in [-0.2, 0) is 17.9 Å². The van der Waals surface area contributed by atoms with Gasteiger partial charge in [0.15, 0.2) is 0 Å². The third-order valence-corrected chi connectivity index (χ3v) is 6.61. The summed E-state index contributed by atoms with van der Waals surface area (Å²) in [6.45, 7) is 8.06. The van der Waals surface area contributed by atoms with Crippen LogP contribution in [0.4, 0.5) is 11.4 Å². The van der Waals surface area contributed by atoms with E-state index in [1.165, 1.54) is 16.8 Å². The zero-order chi connectivity index (χ0) is 23.9. The molecule has 34 heavy (non-hydrogen) atoms. The second-order valence-electron chi connectivity index (χ2n) is 9.37. The molecule has 3 heterocycles. The molecular weight excluding hydrogens is 422 g/mol. The molecule has 1 aliphatic heterocycles. The number of hydrogen-bond acceptors (Lipinski definition) is 5. The fourth-order valence-corrected chi connectivity index (χ4v) is 4.74. The minimum absolute atomic E-state index is 0.106. The third-order valence-electron chi connectivity index (χ3n) is 6.61. The SMILES string of the molecule is CC(=O)N(CC1CCN(c2ccncc2)CC1)c1ccccc1CN(C)Cc1ccc(C)nc1. The number of hydrogen-bond donors (Lipinski definition) is 0. The van der Waals surface area contributed by atoms with Crippen LogP contribution in [0.2, 0.25) is 0 Å². The van der Waals surface area contributed by atoms with Crippen molar-refractivity contribution in [2.45, 2.75) is 39.8 Å². The number of aryl methyl sites for hydroxylation is 1. The predicted molar refractivity (Wildman–Crippen MR) is 138 cm³/mol. The third kappa shape index (κ3) is 6.20. The Morgan fingerprint density at radius 3 is 2.44 bits per heavy atom. The molecule has 178 valence electrons. The molecule has 2 aromatic heterocycles. The van der Waals surface area contributed by atoms with Crippen molar-refractivity contribution < 1.29 is 4.79 Å². The van der Waals surface area contributed by atoms with Gasteiger partial charge in [-0.05, 0) is 68.1 Å². The molecule has 1 aromatic carbocycles. The van der Waals surface area contributed by atoms with Gasteiger partial charge in [0.2, 0.25) is 5.91 Å². The van der Waals surface area contributed by atoms with Crippen molar-refractivity contribution in [3.05, 3.63) is 83.9 Å². The zero-order valence-electron chi connectivity index (χ0n) is 20.5. The largest absolute Gasteiger partial charge is 0.371 e. The minimum Gasteiger partial charge on any atom is -0.371 e. The van der Waals surface area contributed by atoms with E-state index in [0.717, 1.165) is 56.9 Å². The van der Waals surface area contributed by atoms with Gasteiger partial charge in [-0.3, -0.25) is 19.7 Å². The van der Waals surface area contributed by atoms with Gasteiger partial charge in [-0.1, -0.05) is 24.3 Å². The Hall–Kier alpha value is -3.25. The van der Waals surface area contributed by atoms with Crippen LogP contribution in [-0.4, -0.2) is 47.5 Å². The van der Waals surface area contributed by atoms with E-state index in [-0.39, 0.29) is 5.91 Å². The molecule has 0 spiro atoms. The lowest BCUT2D eigenvalue weighted by Gasteiger charge is -2.36. The van der Waals surface area contributed by atoms with E-state index in [1.807, 2.05) is 36.5 Å². The van der Waals surface area contributed by atoms with Crippen LogP contribution in [0, 0.1) is 12.8 Å². The van der Waals surface area contributed by atoms with Gasteiger partial charge in [-0.25, -0.2) is 0 Å². The highest BCUT2D eigenvalue weighted by molar-refractivity contribution is 5.92. The Morgan fingerprint density at radius 1 is 1.03 bits per heavy atom.